The van der Waals surface area contributed by atoms with Crippen molar-refractivity contribution in [1.82, 2.24) is 0 Å². The summed E-state index contributed by atoms with van der Waals surface area (Å²) >= 11 is 0. The van der Waals surface area contributed by atoms with E-state index in [1.807, 2.05) is 0 Å². The number of benzene rings is 2. The second kappa shape index (κ2) is 7.28. The number of rotatable bonds is 4. The molecular weight excluding hydrogens is 300 g/mol. The Morgan fingerprint density at radius 3 is 1.57 bits per heavy atom. The number of carbonyl (C=O) groups excluding carboxylic acids is 2. The molecule has 0 N–H and O–H groups in total. The largest absolute Gasteiger partial charge is 0.386 e. The van der Waals surface area contributed by atoms with Gasteiger partial charge in [0.2, 0.25) is 0 Å². The molecule has 0 bridgehead atoms. The Labute approximate surface area is 129 Å². The minimum Gasteiger partial charge on any atom is -0.386 e. The van der Waals surface area contributed by atoms with Crippen LogP contribution in [0.3, 0.4) is 0 Å². The number of hydrogen-bond donors (Lipinski definition) is 0. The summed E-state index contributed by atoms with van der Waals surface area (Å²) in [4.78, 5) is 29.3. The molecule has 9 heteroatoms. The molecule has 0 aliphatic carbocycles. The summed E-state index contributed by atoms with van der Waals surface area (Å²) in [5, 5.41) is 6.71. The molecule has 0 saturated heterocycles. The molecule has 0 radical (unpaired) electrons. The van der Waals surface area contributed by atoms with E-state index in [9.17, 15) is 9.59 Å². The van der Waals surface area contributed by atoms with Crippen LogP contribution in [0.15, 0.2) is 58.8 Å². The minimum atomic E-state index is -0.978. The van der Waals surface area contributed by atoms with E-state index < -0.39 is 11.9 Å². The quantitative estimate of drug-likeness (QED) is 0.268. The van der Waals surface area contributed by atoms with Crippen molar-refractivity contribution in [1.29, 1.82) is 0 Å². The normalized spacial score (nSPS) is 9.22. The lowest BCUT2D eigenvalue weighted by Gasteiger charge is -2.06. The predicted molar refractivity (Wildman–Crippen MR) is 80.2 cm³/mol. The summed E-state index contributed by atoms with van der Waals surface area (Å²) < 4.78 is 4.75. The van der Waals surface area contributed by atoms with Crippen LogP contribution in [-0.2, 0) is 4.74 Å². The van der Waals surface area contributed by atoms with E-state index in [1.54, 1.807) is 12.1 Å². The zero-order chi connectivity index (χ0) is 16.7. The smallest absolute Gasteiger partial charge is 0.346 e. The van der Waals surface area contributed by atoms with Crippen LogP contribution in [0.4, 0.5) is 11.4 Å². The van der Waals surface area contributed by atoms with Crippen molar-refractivity contribution in [3.05, 3.63) is 80.5 Å². The van der Waals surface area contributed by atoms with E-state index in [1.165, 1.54) is 36.4 Å². The Hall–Kier alpha value is -3.80. The maximum atomic E-state index is 12.1. The van der Waals surface area contributed by atoms with Crippen molar-refractivity contribution in [3.8, 4) is 0 Å². The number of azide groups is 2. The third kappa shape index (κ3) is 3.64. The van der Waals surface area contributed by atoms with Crippen molar-refractivity contribution in [3.63, 3.8) is 0 Å². The van der Waals surface area contributed by atoms with Crippen LogP contribution >= 0.6 is 0 Å². The van der Waals surface area contributed by atoms with Gasteiger partial charge in [0.05, 0.1) is 22.5 Å². The zero-order valence-electron chi connectivity index (χ0n) is 11.5. The third-order valence-electron chi connectivity index (χ3n) is 2.74. The van der Waals surface area contributed by atoms with Gasteiger partial charge in [0.1, 0.15) is 0 Å². The third-order valence-corrected chi connectivity index (χ3v) is 2.74. The lowest BCUT2D eigenvalue weighted by Crippen LogP contribution is -2.13. The van der Waals surface area contributed by atoms with Crippen LogP contribution in [0.25, 0.3) is 20.9 Å². The highest BCUT2D eigenvalue weighted by molar-refractivity contribution is 6.06. The summed E-state index contributed by atoms with van der Waals surface area (Å²) in [7, 11) is 0. The van der Waals surface area contributed by atoms with Crippen molar-refractivity contribution >= 4 is 23.3 Å². The second-order valence-electron chi connectivity index (χ2n) is 4.09. The molecule has 0 unspecified atom stereocenters. The van der Waals surface area contributed by atoms with E-state index in [4.69, 9.17) is 15.8 Å². The van der Waals surface area contributed by atoms with Gasteiger partial charge in [-0.1, -0.05) is 46.6 Å². The maximum absolute atomic E-state index is 12.1. The molecule has 0 amide bonds. The molecule has 0 spiro atoms. The van der Waals surface area contributed by atoms with Crippen molar-refractivity contribution in [2.24, 2.45) is 10.2 Å². The molecule has 2 aromatic carbocycles. The molecule has 0 fully saturated rings. The van der Waals surface area contributed by atoms with E-state index in [-0.39, 0.29) is 22.5 Å². The molecule has 9 nitrogen and oxygen atoms in total. The van der Waals surface area contributed by atoms with Gasteiger partial charge in [0, 0.05) is 9.82 Å². The first-order valence-electron chi connectivity index (χ1n) is 6.22. The molecule has 2 rings (SSSR count). The first kappa shape index (κ1) is 15.6. The van der Waals surface area contributed by atoms with Gasteiger partial charge >= 0.3 is 11.9 Å². The van der Waals surface area contributed by atoms with Crippen LogP contribution in [0.2, 0.25) is 0 Å². The van der Waals surface area contributed by atoms with Crippen LogP contribution in [-0.4, -0.2) is 11.9 Å². The highest BCUT2D eigenvalue weighted by atomic mass is 16.6. The SMILES string of the molecule is [N-]=[N+]=Nc1ccccc1C(=O)OC(=O)c1ccccc1N=[N+]=[N-]. The summed E-state index contributed by atoms with van der Waals surface area (Å²) in [6.07, 6.45) is 0. The Bertz CT molecular complexity index is 795. The fraction of sp³-hybridized carbons (Fsp3) is 0. The molecule has 0 aromatic heterocycles. The van der Waals surface area contributed by atoms with Crippen LogP contribution in [0.5, 0.6) is 0 Å². The lowest BCUT2D eigenvalue weighted by atomic mass is 10.1. The van der Waals surface area contributed by atoms with Crippen LogP contribution in [0, 0.1) is 0 Å². The second-order valence-corrected chi connectivity index (χ2v) is 4.09. The first-order chi connectivity index (χ1) is 11.2. The van der Waals surface area contributed by atoms with Crippen LogP contribution < -0.4 is 0 Å². The fourth-order valence-electron chi connectivity index (χ4n) is 1.76. The van der Waals surface area contributed by atoms with E-state index in [2.05, 4.69) is 20.1 Å². The number of ether oxygens (including phenoxy) is 1. The number of hydrogen-bond acceptors (Lipinski definition) is 5. The van der Waals surface area contributed by atoms with Gasteiger partial charge in [-0.2, -0.15) is 0 Å². The standard InChI is InChI=1S/C14H8N6O3/c15-19-17-11-7-3-1-5-9(11)13(21)23-14(22)10-6-2-4-8-12(10)18-20-16/h1-8H. The van der Waals surface area contributed by atoms with E-state index in [0.717, 1.165) is 0 Å². The molecule has 2 aromatic rings. The van der Waals surface area contributed by atoms with Gasteiger partial charge < -0.3 is 4.74 Å². The van der Waals surface area contributed by atoms with Crippen molar-refractivity contribution in [2.45, 2.75) is 0 Å². The molecule has 0 heterocycles. The molecular formula is C14H8N6O3. The molecule has 23 heavy (non-hydrogen) atoms. The minimum absolute atomic E-state index is 0.0381. The van der Waals surface area contributed by atoms with Gasteiger partial charge in [0.25, 0.3) is 0 Å². The first-order valence-corrected chi connectivity index (χ1v) is 6.22. The topological polar surface area (TPSA) is 141 Å². The average molecular weight is 308 g/mol. The highest BCUT2D eigenvalue weighted by Crippen LogP contribution is 2.23. The van der Waals surface area contributed by atoms with Gasteiger partial charge in [-0.25, -0.2) is 9.59 Å². The van der Waals surface area contributed by atoms with E-state index in [0.29, 0.717) is 0 Å². The number of esters is 2. The van der Waals surface area contributed by atoms with Crippen LogP contribution in [0.1, 0.15) is 20.7 Å². The Balaban J connectivity index is 2.29. The van der Waals surface area contributed by atoms with Gasteiger partial charge in [0.15, 0.2) is 0 Å². The Kier molecular flexibility index (Phi) is 4.93. The Morgan fingerprint density at radius 2 is 1.17 bits per heavy atom. The lowest BCUT2D eigenvalue weighted by molar-refractivity contribution is 0.0399. The summed E-state index contributed by atoms with van der Waals surface area (Å²) in [6, 6.07) is 11.7. The number of nitrogens with zero attached hydrogens (tertiary/aromatic N) is 6. The van der Waals surface area contributed by atoms with Gasteiger partial charge in [-0.3, -0.25) is 0 Å². The summed E-state index contributed by atoms with van der Waals surface area (Å²) in [5.74, 6) is -1.96. The Morgan fingerprint density at radius 1 is 0.783 bits per heavy atom. The number of carbonyl (C=O) groups is 2. The summed E-state index contributed by atoms with van der Waals surface area (Å²) in [5.41, 5.74) is 16.9. The molecule has 0 atom stereocenters. The molecule has 112 valence electrons. The van der Waals surface area contributed by atoms with Gasteiger partial charge in [-0.05, 0) is 23.2 Å². The summed E-state index contributed by atoms with van der Waals surface area (Å²) in [6.45, 7) is 0. The monoisotopic (exact) mass is 308 g/mol. The van der Waals surface area contributed by atoms with Gasteiger partial charge in [-0.15, -0.1) is 0 Å². The predicted octanol–water partition coefficient (Wildman–Crippen LogP) is 4.57. The highest BCUT2D eigenvalue weighted by Gasteiger charge is 2.19. The average Bonchev–Trinajstić information content (AvgIpc) is 2.56. The fourth-order valence-corrected chi connectivity index (χ4v) is 1.76. The van der Waals surface area contributed by atoms with Crippen molar-refractivity contribution < 1.29 is 14.3 Å². The maximum Gasteiger partial charge on any atom is 0.346 e. The molecule has 0 saturated carbocycles. The molecule has 0 aliphatic rings. The van der Waals surface area contributed by atoms with Crippen molar-refractivity contribution in [2.75, 3.05) is 0 Å². The zero-order valence-corrected chi connectivity index (χ0v) is 11.5. The van der Waals surface area contributed by atoms with E-state index >= 15 is 0 Å². The molecule has 0 aliphatic heterocycles.